The Bertz CT molecular complexity index is 1020. The molecular weight excluding hydrogens is 424 g/mol. The summed E-state index contributed by atoms with van der Waals surface area (Å²) in [5.41, 5.74) is 0. The molecule has 0 saturated carbocycles. The molecule has 1 aromatic carbocycles. The maximum atomic E-state index is 13.3. The van der Waals surface area contributed by atoms with Gasteiger partial charge < -0.3 is 10.2 Å². The van der Waals surface area contributed by atoms with Gasteiger partial charge in [-0.3, -0.25) is 9.78 Å². The normalized spacial score (nSPS) is 21.2. The smallest absolute Gasteiger partial charge is 0.243 e. The minimum Gasteiger partial charge on any atom is -0.352 e. The standard InChI is InChI=1S/C21H27ClN4O3S/c22-18-14-23-13-16-5-4-6-19(21(16)18)30(28,29)26-12-7-17(15-26)24-20(27)8-11-25-9-2-1-3-10-25/h4-6,13-14,17H,1-3,7-12,15H2,(H,24,27)/t17-/m1/s1. The molecule has 1 amide bonds. The number of carbonyl (C=O) groups is 1. The number of nitrogens with zero attached hydrogens (tertiary/aromatic N) is 3. The summed E-state index contributed by atoms with van der Waals surface area (Å²) in [7, 11) is -3.72. The van der Waals surface area contributed by atoms with E-state index in [9.17, 15) is 13.2 Å². The predicted octanol–water partition coefficient (Wildman–Crippen LogP) is 2.64. The minimum atomic E-state index is -3.72. The van der Waals surface area contributed by atoms with Crippen molar-refractivity contribution in [3.05, 3.63) is 35.6 Å². The van der Waals surface area contributed by atoms with Gasteiger partial charge >= 0.3 is 0 Å². The number of pyridine rings is 1. The van der Waals surface area contributed by atoms with Crippen LogP contribution in [0.4, 0.5) is 0 Å². The number of likely N-dealkylation sites (tertiary alicyclic amines) is 1. The van der Waals surface area contributed by atoms with Crippen LogP contribution in [-0.4, -0.2) is 67.3 Å². The maximum absolute atomic E-state index is 13.3. The first-order valence-electron chi connectivity index (χ1n) is 10.5. The number of hydrogen-bond acceptors (Lipinski definition) is 5. The molecule has 7 nitrogen and oxygen atoms in total. The summed E-state index contributed by atoms with van der Waals surface area (Å²) >= 11 is 6.26. The molecule has 0 spiro atoms. The number of rotatable bonds is 6. The number of sulfonamides is 1. The van der Waals surface area contributed by atoms with E-state index in [4.69, 9.17) is 11.6 Å². The van der Waals surface area contributed by atoms with Crippen molar-refractivity contribution in [3.63, 3.8) is 0 Å². The SMILES string of the molecule is O=C(CCN1CCCCC1)N[C@@H]1CCN(S(=O)(=O)c2cccc3cncc(Cl)c23)C1. The first kappa shape index (κ1) is 21.5. The van der Waals surface area contributed by atoms with Crippen molar-refractivity contribution in [1.82, 2.24) is 19.5 Å². The van der Waals surface area contributed by atoms with Crippen molar-refractivity contribution in [2.75, 3.05) is 32.7 Å². The third-order valence-corrected chi connectivity index (χ3v) is 8.13. The van der Waals surface area contributed by atoms with Crippen LogP contribution in [0.3, 0.4) is 0 Å². The summed E-state index contributed by atoms with van der Waals surface area (Å²) < 4.78 is 28.0. The lowest BCUT2D eigenvalue weighted by Gasteiger charge is -2.26. The van der Waals surface area contributed by atoms with Gasteiger partial charge in [0.15, 0.2) is 0 Å². The summed E-state index contributed by atoms with van der Waals surface area (Å²) in [6.45, 7) is 3.54. The highest BCUT2D eigenvalue weighted by molar-refractivity contribution is 7.89. The summed E-state index contributed by atoms with van der Waals surface area (Å²) in [4.78, 5) is 18.9. The number of hydrogen-bond donors (Lipinski definition) is 1. The van der Waals surface area contributed by atoms with Crippen LogP contribution < -0.4 is 5.32 Å². The van der Waals surface area contributed by atoms with Gasteiger partial charge in [0.1, 0.15) is 0 Å². The molecular formula is C21H27ClN4O3S. The van der Waals surface area contributed by atoms with E-state index in [1.165, 1.54) is 29.8 Å². The van der Waals surface area contributed by atoms with E-state index in [0.717, 1.165) is 19.6 Å². The van der Waals surface area contributed by atoms with E-state index in [1.54, 1.807) is 24.4 Å². The Morgan fingerprint density at radius 2 is 1.97 bits per heavy atom. The molecule has 0 radical (unpaired) electrons. The van der Waals surface area contributed by atoms with Gasteiger partial charge in [-0.15, -0.1) is 0 Å². The van der Waals surface area contributed by atoms with E-state index in [1.807, 2.05) is 0 Å². The van der Waals surface area contributed by atoms with Crippen LogP contribution in [0.5, 0.6) is 0 Å². The van der Waals surface area contributed by atoms with Gasteiger partial charge in [-0.2, -0.15) is 4.31 Å². The van der Waals surface area contributed by atoms with Crippen molar-refractivity contribution < 1.29 is 13.2 Å². The Balaban J connectivity index is 1.40. The number of fused-ring (bicyclic) bond motifs is 1. The first-order valence-corrected chi connectivity index (χ1v) is 12.3. The summed E-state index contributed by atoms with van der Waals surface area (Å²) in [6, 6.07) is 4.90. The van der Waals surface area contributed by atoms with Crippen molar-refractivity contribution in [3.8, 4) is 0 Å². The second-order valence-corrected chi connectivity index (χ2v) is 10.4. The van der Waals surface area contributed by atoms with E-state index < -0.39 is 10.0 Å². The lowest BCUT2D eigenvalue weighted by Crippen LogP contribution is -2.40. The number of amides is 1. The quantitative estimate of drug-likeness (QED) is 0.731. The Labute approximate surface area is 182 Å². The van der Waals surface area contributed by atoms with Gasteiger partial charge in [0.25, 0.3) is 0 Å². The molecule has 9 heteroatoms. The minimum absolute atomic E-state index is 0.0101. The number of benzene rings is 1. The van der Waals surface area contributed by atoms with Crippen LogP contribution >= 0.6 is 11.6 Å². The molecule has 3 heterocycles. The van der Waals surface area contributed by atoms with Gasteiger partial charge in [-0.25, -0.2) is 8.42 Å². The highest BCUT2D eigenvalue weighted by atomic mass is 35.5. The van der Waals surface area contributed by atoms with Crippen molar-refractivity contribution >= 4 is 38.3 Å². The number of halogens is 1. The predicted molar refractivity (Wildman–Crippen MR) is 117 cm³/mol. The summed E-state index contributed by atoms with van der Waals surface area (Å²) in [5, 5.41) is 4.50. The van der Waals surface area contributed by atoms with E-state index >= 15 is 0 Å². The molecule has 0 bridgehead atoms. The molecule has 0 aliphatic carbocycles. The van der Waals surface area contributed by atoms with Crippen LogP contribution in [0.1, 0.15) is 32.1 Å². The second-order valence-electron chi connectivity index (χ2n) is 8.04. The lowest BCUT2D eigenvalue weighted by molar-refractivity contribution is -0.122. The van der Waals surface area contributed by atoms with Crippen molar-refractivity contribution in [2.24, 2.45) is 0 Å². The fraction of sp³-hybridized carbons (Fsp3) is 0.524. The zero-order valence-electron chi connectivity index (χ0n) is 16.9. The zero-order chi connectivity index (χ0) is 21.1. The molecule has 2 aliphatic rings. The number of aromatic nitrogens is 1. The van der Waals surface area contributed by atoms with Crippen molar-refractivity contribution in [1.29, 1.82) is 0 Å². The van der Waals surface area contributed by atoms with Crippen LogP contribution in [-0.2, 0) is 14.8 Å². The van der Waals surface area contributed by atoms with Crippen LogP contribution in [0, 0.1) is 0 Å². The van der Waals surface area contributed by atoms with Crippen LogP contribution in [0.15, 0.2) is 35.5 Å². The fourth-order valence-electron chi connectivity index (χ4n) is 4.32. The Kier molecular flexibility index (Phi) is 6.57. The molecule has 162 valence electrons. The molecule has 1 atom stereocenters. The molecule has 4 rings (SSSR count). The molecule has 2 aromatic rings. The average molecular weight is 451 g/mol. The first-order chi connectivity index (χ1) is 14.4. The number of piperidine rings is 1. The molecule has 2 saturated heterocycles. The second kappa shape index (κ2) is 9.18. The number of carbonyl (C=O) groups excluding carboxylic acids is 1. The van der Waals surface area contributed by atoms with E-state index in [2.05, 4.69) is 15.2 Å². The monoisotopic (exact) mass is 450 g/mol. The van der Waals surface area contributed by atoms with Gasteiger partial charge in [-0.1, -0.05) is 30.2 Å². The van der Waals surface area contributed by atoms with E-state index in [-0.39, 0.29) is 23.4 Å². The average Bonchev–Trinajstić information content (AvgIpc) is 3.22. The zero-order valence-corrected chi connectivity index (χ0v) is 18.5. The maximum Gasteiger partial charge on any atom is 0.243 e. The molecule has 2 aliphatic heterocycles. The van der Waals surface area contributed by atoms with Crippen molar-refractivity contribution in [2.45, 2.75) is 43.0 Å². The largest absolute Gasteiger partial charge is 0.352 e. The molecule has 30 heavy (non-hydrogen) atoms. The van der Waals surface area contributed by atoms with E-state index in [0.29, 0.717) is 35.2 Å². The molecule has 1 N–H and O–H groups in total. The highest BCUT2D eigenvalue weighted by Gasteiger charge is 2.34. The fourth-order valence-corrected chi connectivity index (χ4v) is 6.38. The topological polar surface area (TPSA) is 82.6 Å². The van der Waals surface area contributed by atoms with Crippen LogP contribution in [0.2, 0.25) is 5.02 Å². The number of nitrogens with one attached hydrogen (secondary N) is 1. The highest BCUT2D eigenvalue weighted by Crippen LogP contribution is 2.32. The van der Waals surface area contributed by atoms with Gasteiger partial charge in [-0.05, 0) is 38.4 Å². The van der Waals surface area contributed by atoms with Gasteiger partial charge in [0.2, 0.25) is 15.9 Å². The molecule has 0 unspecified atom stereocenters. The third-order valence-electron chi connectivity index (χ3n) is 5.94. The third kappa shape index (κ3) is 4.61. The van der Waals surface area contributed by atoms with Gasteiger partial charge in [0.05, 0.1) is 9.92 Å². The Hall–Kier alpha value is -1.74. The Morgan fingerprint density at radius 3 is 2.77 bits per heavy atom. The Morgan fingerprint density at radius 1 is 1.17 bits per heavy atom. The summed E-state index contributed by atoms with van der Waals surface area (Å²) in [5.74, 6) is -0.0101. The van der Waals surface area contributed by atoms with Crippen LogP contribution in [0.25, 0.3) is 10.8 Å². The molecule has 1 aromatic heterocycles. The molecule has 2 fully saturated rings. The summed E-state index contributed by atoms with van der Waals surface area (Å²) in [6.07, 6.45) is 7.79. The lowest BCUT2D eigenvalue weighted by atomic mass is 10.1. The van der Waals surface area contributed by atoms with Gasteiger partial charge in [0, 0.05) is 55.3 Å².